The molecule has 1 saturated heterocycles. The molecule has 1 aliphatic heterocycles. The number of carbonyl (C=O) groups excluding carboxylic acids is 1. The molecule has 6 nitrogen and oxygen atoms in total. The van der Waals surface area contributed by atoms with Gasteiger partial charge in [0.15, 0.2) is 19.7 Å². The Morgan fingerprint density at radius 1 is 1.35 bits per heavy atom. The maximum absolute atomic E-state index is 12.5. The molecule has 0 radical (unpaired) electrons. The number of hydrogen-bond donors (Lipinski definition) is 2. The summed E-state index contributed by atoms with van der Waals surface area (Å²) in [6.45, 7) is 4.82. The molecule has 0 atom stereocenters. The molecule has 1 amide bonds. The van der Waals surface area contributed by atoms with Gasteiger partial charge in [0.1, 0.15) is 0 Å². The molecule has 0 aliphatic carbocycles. The summed E-state index contributed by atoms with van der Waals surface area (Å²) in [4.78, 5) is 17.8. The standard InChI is InChI=1S/C12H19N3O3S2/c1-8-9(2)19-11(14-8)15-10(16)12(20(3,17)18)4-6-13-7-5-12/h13H,4-7H2,1-3H3,(H,14,15,16). The summed E-state index contributed by atoms with van der Waals surface area (Å²) in [6.07, 6.45) is 1.72. The van der Waals surface area contributed by atoms with Crippen LogP contribution >= 0.6 is 11.3 Å². The first-order valence-electron chi connectivity index (χ1n) is 6.42. The third-order valence-electron chi connectivity index (χ3n) is 3.78. The number of anilines is 1. The maximum atomic E-state index is 12.5. The van der Waals surface area contributed by atoms with Crippen LogP contribution in [0.5, 0.6) is 0 Å². The first-order valence-corrected chi connectivity index (χ1v) is 9.13. The van der Waals surface area contributed by atoms with Gasteiger partial charge in [0, 0.05) is 11.1 Å². The van der Waals surface area contributed by atoms with Crippen LogP contribution in [0.15, 0.2) is 0 Å². The number of carbonyl (C=O) groups is 1. The highest BCUT2D eigenvalue weighted by atomic mass is 32.2. The molecule has 0 bridgehead atoms. The van der Waals surface area contributed by atoms with E-state index in [1.807, 2.05) is 13.8 Å². The van der Waals surface area contributed by atoms with E-state index < -0.39 is 20.5 Å². The van der Waals surface area contributed by atoms with Crippen LogP contribution in [0.1, 0.15) is 23.4 Å². The molecule has 0 saturated carbocycles. The second-order valence-electron chi connectivity index (χ2n) is 5.13. The van der Waals surface area contributed by atoms with E-state index in [0.717, 1.165) is 16.8 Å². The Balaban J connectivity index is 2.28. The van der Waals surface area contributed by atoms with Crippen LogP contribution in [-0.4, -0.2) is 43.4 Å². The van der Waals surface area contributed by atoms with Crippen molar-refractivity contribution in [3.05, 3.63) is 10.6 Å². The van der Waals surface area contributed by atoms with Gasteiger partial charge in [0.05, 0.1) is 5.69 Å². The van der Waals surface area contributed by atoms with Gasteiger partial charge in [0.2, 0.25) is 5.91 Å². The Bertz CT molecular complexity index is 596. The smallest absolute Gasteiger partial charge is 0.247 e. The second-order valence-corrected chi connectivity index (χ2v) is 8.66. The van der Waals surface area contributed by atoms with Crippen molar-refractivity contribution in [2.24, 2.45) is 0 Å². The first kappa shape index (κ1) is 15.4. The number of nitrogens with zero attached hydrogens (tertiary/aromatic N) is 1. The van der Waals surface area contributed by atoms with Gasteiger partial charge in [-0.3, -0.25) is 4.79 Å². The SMILES string of the molecule is Cc1nc(NC(=O)C2(S(C)(=O)=O)CCNCC2)sc1C. The summed E-state index contributed by atoms with van der Waals surface area (Å²) < 4.78 is 22.9. The highest BCUT2D eigenvalue weighted by Gasteiger charge is 2.48. The lowest BCUT2D eigenvalue weighted by atomic mass is 9.96. The number of aryl methyl sites for hydroxylation is 2. The third kappa shape index (κ3) is 2.72. The van der Waals surface area contributed by atoms with Crippen molar-refractivity contribution in [2.75, 3.05) is 24.7 Å². The van der Waals surface area contributed by atoms with Crippen molar-refractivity contribution in [3.63, 3.8) is 0 Å². The van der Waals surface area contributed by atoms with E-state index in [2.05, 4.69) is 15.6 Å². The molecule has 2 rings (SSSR count). The van der Waals surface area contributed by atoms with E-state index in [4.69, 9.17) is 0 Å². The third-order valence-corrected chi connectivity index (χ3v) is 6.79. The van der Waals surface area contributed by atoms with Gasteiger partial charge in [-0.25, -0.2) is 13.4 Å². The van der Waals surface area contributed by atoms with Crippen molar-refractivity contribution in [1.82, 2.24) is 10.3 Å². The number of hydrogen-bond acceptors (Lipinski definition) is 6. The van der Waals surface area contributed by atoms with E-state index >= 15 is 0 Å². The molecule has 1 aromatic rings. The topological polar surface area (TPSA) is 88.2 Å². The quantitative estimate of drug-likeness (QED) is 0.863. The fourth-order valence-corrected chi connectivity index (χ4v) is 4.48. The average molecular weight is 317 g/mol. The zero-order chi connectivity index (χ0) is 15.0. The molecule has 8 heteroatoms. The summed E-state index contributed by atoms with van der Waals surface area (Å²) in [5, 5.41) is 6.23. The van der Waals surface area contributed by atoms with Gasteiger partial charge < -0.3 is 10.6 Å². The minimum absolute atomic E-state index is 0.293. The van der Waals surface area contributed by atoms with Gasteiger partial charge in [-0.05, 0) is 39.8 Å². The van der Waals surface area contributed by atoms with Crippen LogP contribution in [0.4, 0.5) is 5.13 Å². The van der Waals surface area contributed by atoms with Crippen molar-refractivity contribution in [3.8, 4) is 0 Å². The van der Waals surface area contributed by atoms with Crippen LogP contribution < -0.4 is 10.6 Å². The van der Waals surface area contributed by atoms with Crippen molar-refractivity contribution >= 4 is 32.2 Å². The summed E-state index contributed by atoms with van der Waals surface area (Å²) >= 11 is 1.36. The largest absolute Gasteiger partial charge is 0.317 e. The van der Waals surface area contributed by atoms with E-state index in [9.17, 15) is 13.2 Å². The molecular formula is C12H19N3O3S2. The van der Waals surface area contributed by atoms with Crippen LogP contribution in [0.3, 0.4) is 0 Å². The number of rotatable bonds is 3. The Morgan fingerprint density at radius 3 is 2.40 bits per heavy atom. The molecule has 1 aliphatic rings. The summed E-state index contributed by atoms with van der Waals surface area (Å²) in [6, 6.07) is 0. The molecule has 112 valence electrons. The molecule has 0 unspecified atom stereocenters. The highest BCUT2D eigenvalue weighted by Crippen LogP contribution is 2.30. The summed E-state index contributed by atoms with van der Waals surface area (Å²) in [5.74, 6) is -0.463. The predicted molar refractivity (Wildman–Crippen MR) is 79.9 cm³/mol. The number of sulfone groups is 1. The lowest BCUT2D eigenvalue weighted by Crippen LogP contribution is -2.55. The molecule has 1 aromatic heterocycles. The van der Waals surface area contributed by atoms with Crippen molar-refractivity contribution < 1.29 is 13.2 Å². The van der Waals surface area contributed by atoms with Gasteiger partial charge >= 0.3 is 0 Å². The lowest BCUT2D eigenvalue weighted by molar-refractivity contribution is -0.119. The molecule has 0 aromatic carbocycles. The number of nitrogens with one attached hydrogen (secondary N) is 2. The van der Waals surface area contributed by atoms with Gasteiger partial charge in [-0.2, -0.15) is 0 Å². The molecule has 20 heavy (non-hydrogen) atoms. The normalized spacial score (nSPS) is 18.8. The fourth-order valence-electron chi connectivity index (χ4n) is 2.33. The molecule has 0 spiro atoms. The monoisotopic (exact) mass is 317 g/mol. The lowest BCUT2D eigenvalue weighted by Gasteiger charge is -2.33. The minimum Gasteiger partial charge on any atom is -0.317 e. The molecular weight excluding hydrogens is 298 g/mol. The number of aromatic nitrogens is 1. The highest BCUT2D eigenvalue weighted by molar-refractivity contribution is 7.92. The number of thiazole rings is 1. The van der Waals surface area contributed by atoms with E-state index in [1.54, 1.807) is 0 Å². The van der Waals surface area contributed by atoms with Crippen molar-refractivity contribution in [2.45, 2.75) is 31.4 Å². The summed E-state index contributed by atoms with van der Waals surface area (Å²) in [5.41, 5.74) is 0.851. The summed E-state index contributed by atoms with van der Waals surface area (Å²) in [7, 11) is -3.49. The Labute approximate surface area is 122 Å². The molecule has 2 N–H and O–H groups in total. The van der Waals surface area contributed by atoms with Crippen LogP contribution in [0.25, 0.3) is 0 Å². The second kappa shape index (κ2) is 5.42. The first-order chi connectivity index (χ1) is 9.26. The van der Waals surface area contributed by atoms with Crippen molar-refractivity contribution in [1.29, 1.82) is 0 Å². The Kier molecular flexibility index (Phi) is 4.17. The predicted octanol–water partition coefficient (Wildman–Crippen LogP) is 0.865. The molecule has 2 heterocycles. The Morgan fingerprint density at radius 2 is 1.95 bits per heavy atom. The fraction of sp³-hybridized carbons (Fsp3) is 0.667. The zero-order valence-electron chi connectivity index (χ0n) is 11.8. The van der Waals surface area contributed by atoms with Crippen LogP contribution in [-0.2, 0) is 14.6 Å². The maximum Gasteiger partial charge on any atom is 0.247 e. The van der Waals surface area contributed by atoms with Crippen LogP contribution in [0, 0.1) is 13.8 Å². The molecule has 1 fully saturated rings. The van der Waals surface area contributed by atoms with Crippen LogP contribution in [0.2, 0.25) is 0 Å². The van der Waals surface area contributed by atoms with Gasteiger partial charge in [0.25, 0.3) is 0 Å². The van der Waals surface area contributed by atoms with Gasteiger partial charge in [-0.15, -0.1) is 11.3 Å². The van der Waals surface area contributed by atoms with E-state index in [1.165, 1.54) is 11.3 Å². The number of amides is 1. The zero-order valence-corrected chi connectivity index (χ0v) is 13.4. The van der Waals surface area contributed by atoms with E-state index in [0.29, 0.717) is 31.1 Å². The Hall–Kier alpha value is -0.990. The average Bonchev–Trinajstić information content (AvgIpc) is 2.67. The van der Waals surface area contributed by atoms with Gasteiger partial charge in [-0.1, -0.05) is 0 Å². The number of piperidine rings is 1. The minimum atomic E-state index is -3.49. The van der Waals surface area contributed by atoms with E-state index in [-0.39, 0.29) is 0 Å².